The highest BCUT2D eigenvalue weighted by molar-refractivity contribution is 5.89. The first-order valence-corrected chi connectivity index (χ1v) is 11.7. The number of aliphatic hydroxyl groups is 1. The van der Waals surface area contributed by atoms with E-state index < -0.39 is 18.0 Å². The molecule has 2 fully saturated rings. The Labute approximate surface area is 191 Å². The first kappa shape index (κ1) is 21.8. The number of likely N-dealkylation sites (tertiary alicyclic amines) is 1. The minimum Gasteiger partial charge on any atom is -0.396 e. The van der Waals surface area contributed by atoms with E-state index in [-0.39, 0.29) is 48.2 Å². The number of carbonyl (C=O) groups excluding carboxylic acids is 2. The summed E-state index contributed by atoms with van der Waals surface area (Å²) >= 11 is 0. The van der Waals surface area contributed by atoms with Crippen molar-refractivity contribution in [2.24, 2.45) is 11.8 Å². The summed E-state index contributed by atoms with van der Waals surface area (Å²) in [6.45, 7) is 1.83. The molecule has 0 radical (unpaired) electrons. The molecule has 2 N–H and O–H groups in total. The van der Waals surface area contributed by atoms with E-state index in [0.29, 0.717) is 23.4 Å². The molecule has 3 aliphatic rings. The van der Waals surface area contributed by atoms with E-state index in [9.17, 15) is 23.9 Å². The quantitative estimate of drug-likeness (QED) is 0.726. The van der Waals surface area contributed by atoms with Crippen LogP contribution in [-0.4, -0.2) is 45.1 Å². The number of aliphatic hydroxyl groups excluding tert-OH is 1. The molecule has 2 amide bonds. The average molecular weight is 454 g/mol. The van der Waals surface area contributed by atoms with Gasteiger partial charge in [0.2, 0.25) is 11.8 Å². The second kappa shape index (κ2) is 8.41. The summed E-state index contributed by atoms with van der Waals surface area (Å²) in [5, 5.41) is 13.3. The summed E-state index contributed by atoms with van der Waals surface area (Å²) in [5.41, 5.74) is 1.53. The minimum atomic E-state index is -0.751. The zero-order valence-electron chi connectivity index (χ0n) is 18.5. The van der Waals surface area contributed by atoms with Crippen LogP contribution >= 0.6 is 0 Å². The molecule has 1 aliphatic carbocycles. The Balaban J connectivity index is 1.54. The number of nitrogens with one attached hydrogen (secondary N) is 1. The molecule has 1 aromatic carbocycles. The van der Waals surface area contributed by atoms with Crippen LogP contribution in [0.1, 0.15) is 44.3 Å². The number of aromatic nitrogens is 1. The SMILES string of the molecule is CCC(=O)N1[C@H](C(=O)NC2CCC2)[C@@H](CO)[C@@H]2Cn3c(ccc(-c4ccc(F)cc4)c3=O)[C@@H]21. The van der Waals surface area contributed by atoms with Gasteiger partial charge in [0.05, 0.1) is 6.04 Å². The molecule has 5 rings (SSSR count). The fourth-order valence-electron chi connectivity index (χ4n) is 5.64. The average Bonchev–Trinajstić information content (AvgIpc) is 3.31. The van der Waals surface area contributed by atoms with E-state index in [2.05, 4.69) is 5.32 Å². The van der Waals surface area contributed by atoms with Gasteiger partial charge >= 0.3 is 0 Å². The third-order valence-corrected chi connectivity index (χ3v) is 7.54. The smallest absolute Gasteiger partial charge is 0.258 e. The first-order valence-electron chi connectivity index (χ1n) is 11.7. The number of hydrogen-bond donors (Lipinski definition) is 2. The van der Waals surface area contributed by atoms with Gasteiger partial charge in [-0.3, -0.25) is 14.4 Å². The number of pyridine rings is 1. The van der Waals surface area contributed by atoms with Crippen molar-refractivity contribution in [2.45, 2.75) is 57.3 Å². The largest absolute Gasteiger partial charge is 0.396 e. The highest BCUT2D eigenvalue weighted by Crippen LogP contribution is 2.49. The first-order chi connectivity index (χ1) is 15.9. The number of benzene rings is 1. The van der Waals surface area contributed by atoms with Crippen molar-refractivity contribution in [2.75, 3.05) is 6.61 Å². The van der Waals surface area contributed by atoms with Crippen LogP contribution in [0.2, 0.25) is 0 Å². The van der Waals surface area contributed by atoms with E-state index in [1.54, 1.807) is 34.6 Å². The van der Waals surface area contributed by atoms with Crippen molar-refractivity contribution in [1.29, 1.82) is 0 Å². The molecule has 174 valence electrons. The molecule has 7 nitrogen and oxygen atoms in total. The molecule has 2 aliphatic heterocycles. The lowest BCUT2D eigenvalue weighted by atomic mass is 9.87. The summed E-state index contributed by atoms with van der Waals surface area (Å²) < 4.78 is 15.0. The molecule has 3 heterocycles. The Morgan fingerprint density at radius 1 is 1.15 bits per heavy atom. The van der Waals surface area contributed by atoms with Gasteiger partial charge in [-0.1, -0.05) is 19.1 Å². The summed E-state index contributed by atoms with van der Waals surface area (Å²) in [7, 11) is 0. The second-order valence-electron chi connectivity index (χ2n) is 9.29. The lowest BCUT2D eigenvalue weighted by Crippen LogP contribution is -2.53. The van der Waals surface area contributed by atoms with E-state index in [4.69, 9.17) is 0 Å². The van der Waals surface area contributed by atoms with Gasteiger partial charge in [-0.15, -0.1) is 0 Å². The number of carbonyl (C=O) groups is 2. The molecule has 4 atom stereocenters. The Hall–Kier alpha value is -3.00. The maximum Gasteiger partial charge on any atom is 0.258 e. The molecule has 2 aromatic rings. The van der Waals surface area contributed by atoms with Crippen LogP contribution in [0.4, 0.5) is 4.39 Å². The Kier molecular flexibility index (Phi) is 5.56. The maximum absolute atomic E-state index is 13.3. The van der Waals surface area contributed by atoms with E-state index >= 15 is 0 Å². The Bertz CT molecular complexity index is 1140. The van der Waals surface area contributed by atoms with E-state index in [1.165, 1.54) is 12.1 Å². The zero-order valence-corrected chi connectivity index (χ0v) is 18.5. The lowest BCUT2D eigenvalue weighted by Gasteiger charge is -2.34. The molecule has 1 saturated heterocycles. The standard InChI is InChI=1S/C25H28FN3O4/c1-2-21(31)29-22-18(19(13-30)23(29)24(32)27-16-4-3-5-16)12-28-20(22)11-10-17(25(28)33)14-6-8-15(26)9-7-14/h6-11,16,18-19,22-23,30H,2-5,12-13H2,1H3,(H,27,32)/t18-,19-,22+,23-/m0/s1. The van der Waals surface area contributed by atoms with Crippen molar-refractivity contribution >= 4 is 11.8 Å². The van der Waals surface area contributed by atoms with Gasteiger partial charge in [0.15, 0.2) is 0 Å². The van der Waals surface area contributed by atoms with Crippen molar-refractivity contribution in [3.63, 3.8) is 0 Å². The highest BCUT2D eigenvalue weighted by Gasteiger charge is 2.57. The van der Waals surface area contributed by atoms with Crippen LogP contribution in [0.5, 0.6) is 0 Å². The highest BCUT2D eigenvalue weighted by atomic mass is 19.1. The number of amides is 2. The van der Waals surface area contributed by atoms with Crippen LogP contribution in [0.25, 0.3) is 11.1 Å². The third-order valence-electron chi connectivity index (χ3n) is 7.54. The second-order valence-corrected chi connectivity index (χ2v) is 9.29. The van der Waals surface area contributed by atoms with Crippen LogP contribution in [-0.2, 0) is 16.1 Å². The molecule has 0 bridgehead atoms. The van der Waals surface area contributed by atoms with Gasteiger partial charge in [0.1, 0.15) is 11.9 Å². The molecule has 8 heteroatoms. The predicted molar refractivity (Wildman–Crippen MR) is 120 cm³/mol. The van der Waals surface area contributed by atoms with Gasteiger partial charge < -0.3 is 19.9 Å². The van der Waals surface area contributed by atoms with Crippen LogP contribution < -0.4 is 10.9 Å². The van der Waals surface area contributed by atoms with Crippen LogP contribution in [0, 0.1) is 17.7 Å². The molecule has 1 saturated carbocycles. The maximum atomic E-state index is 13.3. The minimum absolute atomic E-state index is 0.129. The van der Waals surface area contributed by atoms with E-state index in [0.717, 1.165) is 19.3 Å². The molecule has 33 heavy (non-hydrogen) atoms. The number of nitrogens with zero attached hydrogens (tertiary/aromatic N) is 2. The summed E-state index contributed by atoms with van der Waals surface area (Å²) in [4.78, 5) is 41.2. The summed E-state index contributed by atoms with van der Waals surface area (Å²) in [6, 6.07) is 8.23. The van der Waals surface area contributed by atoms with Gasteiger partial charge in [-0.05, 0) is 49.1 Å². The summed E-state index contributed by atoms with van der Waals surface area (Å²) in [6.07, 6.45) is 3.17. The van der Waals surface area contributed by atoms with E-state index in [1.807, 2.05) is 6.07 Å². The van der Waals surface area contributed by atoms with Gasteiger partial charge in [0.25, 0.3) is 5.56 Å². The number of rotatable bonds is 5. The van der Waals surface area contributed by atoms with Gasteiger partial charge in [-0.2, -0.15) is 0 Å². The van der Waals surface area contributed by atoms with Crippen molar-refractivity contribution in [3.05, 3.63) is 58.3 Å². The van der Waals surface area contributed by atoms with Crippen molar-refractivity contribution < 1.29 is 19.1 Å². The molecule has 0 unspecified atom stereocenters. The molecular weight excluding hydrogens is 425 g/mol. The fourth-order valence-corrected chi connectivity index (χ4v) is 5.64. The monoisotopic (exact) mass is 453 g/mol. The molecular formula is C25H28FN3O4. The van der Waals surface area contributed by atoms with Crippen LogP contribution in [0.15, 0.2) is 41.2 Å². The molecule has 0 spiro atoms. The third kappa shape index (κ3) is 3.47. The Morgan fingerprint density at radius 3 is 2.48 bits per heavy atom. The normalized spacial score (nSPS) is 26.0. The topological polar surface area (TPSA) is 91.6 Å². The number of hydrogen-bond acceptors (Lipinski definition) is 4. The summed E-state index contributed by atoms with van der Waals surface area (Å²) in [5.74, 6) is -1.46. The van der Waals surface area contributed by atoms with Crippen LogP contribution in [0.3, 0.4) is 0 Å². The predicted octanol–water partition coefficient (Wildman–Crippen LogP) is 2.22. The van der Waals surface area contributed by atoms with Crippen molar-refractivity contribution in [1.82, 2.24) is 14.8 Å². The zero-order chi connectivity index (χ0) is 23.3. The fraction of sp³-hybridized carbons (Fsp3) is 0.480. The number of halogens is 1. The van der Waals surface area contributed by atoms with Gasteiger partial charge in [0, 0.05) is 48.7 Å². The van der Waals surface area contributed by atoms with Gasteiger partial charge in [-0.25, -0.2) is 4.39 Å². The van der Waals surface area contributed by atoms with Crippen molar-refractivity contribution in [3.8, 4) is 11.1 Å². The Morgan fingerprint density at radius 2 is 1.88 bits per heavy atom. The molecule has 1 aromatic heterocycles. The number of fused-ring (bicyclic) bond motifs is 3. The lowest BCUT2D eigenvalue weighted by molar-refractivity contribution is -0.142.